The molecular weight excluding hydrogens is 264 g/mol. The molecule has 0 saturated heterocycles. The topological polar surface area (TPSA) is 0 Å². The van der Waals surface area contributed by atoms with Crippen molar-refractivity contribution in [3.8, 4) is 0 Å². The highest BCUT2D eigenvalue weighted by Gasteiger charge is 2.33. The second-order valence-electron chi connectivity index (χ2n) is 2.01. The van der Waals surface area contributed by atoms with Gasteiger partial charge in [0.05, 0.1) is 0 Å². The molecule has 1 heterocycles. The Morgan fingerprint density at radius 3 is 2.56 bits per heavy atom. The molecule has 0 bridgehead atoms. The molecule has 0 nitrogen and oxygen atoms in total. The summed E-state index contributed by atoms with van der Waals surface area (Å²) in [6.45, 7) is 2.20. The zero-order valence-electron chi connectivity index (χ0n) is 5.10. The third kappa shape index (κ3) is 1.75. The number of alkyl halides is 2. The van der Waals surface area contributed by atoms with Gasteiger partial charge < -0.3 is 0 Å². The van der Waals surface area contributed by atoms with Crippen molar-refractivity contribution in [3.05, 3.63) is 11.5 Å². The van der Waals surface area contributed by atoms with Crippen molar-refractivity contribution >= 4 is 43.6 Å². The number of thioether (sulfide) groups is 1. The summed E-state index contributed by atoms with van der Waals surface area (Å²) in [5.74, 6) is 0. The lowest BCUT2D eigenvalue weighted by molar-refractivity contribution is 0.845. The van der Waals surface area contributed by atoms with Gasteiger partial charge in [0.25, 0.3) is 0 Å². The molecule has 0 aromatic carbocycles. The van der Waals surface area contributed by atoms with E-state index in [0.717, 1.165) is 0 Å². The van der Waals surface area contributed by atoms with Gasteiger partial charge in [-0.25, -0.2) is 0 Å². The van der Waals surface area contributed by atoms with Gasteiger partial charge in [0.15, 0.2) is 0 Å². The number of hydrogen-bond acceptors (Lipinski definition) is 1. The van der Waals surface area contributed by atoms with Crippen molar-refractivity contribution in [2.24, 2.45) is 0 Å². The summed E-state index contributed by atoms with van der Waals surface area (Å²) in [7, 11) is 0. The Kier molecular flexibility index (Phi) is 2.69. The molecule has 9 heavy (non-hydrogen) atoms. The quantitative estimate of drug-likeness (QED) is 0.658. The maximum absolute atomic E-state index is 3.58. The number of rotatable bonds is 1. The van der Waals surface area contributed by atoms with E-state index >= 15 is 0 Å². The molecule has 0 saturated carbocycles. The molecule has 3 heteroatoms. The first-order valence-electron chi connectivity index (χ1n) is 2.88. The highest BCUT2D eigenvalue weighted by molar-refractivity contribution is 9.25. The zero-order valence-corrected chi connectivity index (χ0v) is 9.09. The van der Waals surface area contributed by atoms with Crippen LogP contribution in [0.2, 0.25) is 0 Å². The van der Waals surface area contributed by atoms with Gasteiger partial charge in [-0.1, -0.05) is 38.8 Å². The smallest absolute Gasteiger partial charge is 0.111 e. The number of halogens is 2. The molecule has 0 N–H and O–H groups in total. The van der Waals surface area contributed by atoms with E-state index < -0.39 is 0 Å². The summed E-state index contributed by atoms with van der Waals surface area (Å²) in [6.07, 6.45) is 3.33. The molecule has 0 amide bonds. The lowest BCUT2D eigenvalue weighted by atomic mass is 10.2. The predicted molar refractivity (Wildman–Crippen MR) is 51.4 cm³/mol. The Bertz CT molecular complexity index is 131. The normalized spacial score (nSPS) is 31.2. The van der Waals surface area contributed by atoms with Crippen molar-refractivity contribution in [1.29, 1.82) is 0 Å². The first kappa shape index (κ1) is 8.15. The van der Waals surface area contributed by atoms with Crippen LogP contribution in [0.25, 0.3) is 0 Å². The summed E-state index contributed by atoms with van der Waals surface area (Å²) < 4.78 is 0.0689. The highest BCUT2D eigenvalue weighted by atomic mass is 79.9. The van der Waals surface area contributed by atoms with Crippen molar-refractivity contribution in [2.45, 2.75) is 21.8 Å². The van der Waals surface area contributed by atoms with Gasteiger partial charge in [-0.3, -0.25) is 0 Å². The van der Waals surface area contributed by atoms with E-state index in [-0.39, 0.29) is 3.23 Å². The lowest BCUT2D eigenvalue weighted by Crippen LogP contribution is -2.19. The van der Waals surface area contributed by atoms with Crippen molar-refractivity contribution in [1.82, 2.24) is 0 Å². The summed E-state index contributed by atoms with van der Waals surface area (Å²) in [6, 6.07) is 0. The lowest BCUT2D eigenvalue weighted by Gasteiger charge is -2.18. The molecule has 1 atom stereocenters. The van der Waals surface area contributed by atoms with Gasteiger partial charge in [-0.15, -0.1) is 11.8 Å². The third-order valence-corrected chi connectivity index (χ3v) is 4.90. The van der Waals surface area contributed by atoms with Crippen LogP contribution in [0.3, 0.4) is 0 Å². The first-order valence-corrected chi connectivity index (χ1v) is 5.40. The highest BCUT2D eigenvalue weighted by Crippen LogP contribution is 2.45. The summed E-state index contributed by atoms with van der Waals surface area (Å²) in [4.78, 5) is 0. The second kappa shape index (κ2) is 2.97. The van der Waals surface area contributed by atoms with Gasteiger partial charge in [0, 0.05) is 5.25 Å². The Labute approximate surface area is 76.7 Å². The molecule has 52 valence electrons. The molecule has 0 radical (unpaired) electrons. The van der Waals surface area contributed by atoms with E-state index in [1.165, 1.54) is 6.42 Å². The molecule has 1 unspecified atom stereocenters. The van der Waals surface area contributed by atoms with Crippen molar-refractivity contribution < 1.29 is 0 Å². The zero-order chi connectivity index (χ0) is 6.91. The number of hydrogen-bond donors (Lipinski definition) is 0. The molecule has 0 aliphatic carbocycles. The fraction of sp³-hybridized carbons (Fsp3) is 0.667. The molecule has 0 aromatic rings. The van der Waals surface area contributed by atoms with Crippen LogP contribution >= 0.6 is 43.6 Å². The molecule has 0 spiro atoms. The van der Waals surface area contributed by atoms with Gasteiger partial charge >= 0.3 is 0 Å². The van der Waals surface area contributed by atoms with Crippen LogP contribution in [0, 0.1) is 0 Å². The molecule has 1 rings (SSSR count). The van der Waals surface area contributed by atoms with Gasteiger partial charge in [0.1, 0.15) is 3.23 Å². The Hall–Kier alpha value is 1.05. The molecular formula is C6H8Br2S. The maximum atomic E-state index is 3.58. The standard InChI is InChI=1S/C6H8Br2S/c1-2-5-6(7,8)3-4-9-5/h3-5H,2H2,1H3. The minimum Gasteiger partial charge on any atom is -0.128 e. The van der Waals surface area contributed by atoms with Gasteiger partial charge in [-0.2, -0.15) is 0 Å². The van der Waals surface area contributed by atoms with E-state index in [0.29, 0.717) is 5.25 Å². The average Bonchev–Trinajstić information content (AvgIpc) is 2.08. The fourth-order valence-electron chi connectivity index (χ4n) is 0.791. The van der Waals surface area contributed by atoms with Crippen molar-refractivity contribution in [2.75, 3.05) is 0 Å². The SMILES string of the molecule is CCC1SC=CC1(Br)Br. The minimum absolute atomic E-state index is 0.0689. The van der Waals surface area contributed by atoms with Gasteiger partial charge in [-0.05, 0) is 17.9 Å². The Morgan fingerprint density at radius 1 is 1.67 bits per heavy atom. The van der Waals surface area contributed by atoms with Crippen LogP contribution in [0.1, 0.15) is 13.3 Å². The minimum atomic E-state index is 0.0689. The average molecular weight is 272 g/mol. The number of allylic oxidation sites excluding steroid dienone is 1. The Balaban J connectivity index is 2.60. The van der Waals surface area contributed by atoms with E-state index in [2.05, 4.69) is 50.3 Å². The monoisotopic (exact) mass is 270 g/mol. The van der Waals surface area contributed by atoms with E-state index in [1.54, 1.807) is 0 Å². The molecule has 1 aliphatic rings. The van der Waals surface area contributed by atoms with Gasteiger partial charge in [0.2, 0.25) is 0 Å². The van der Waals surface area contributed by atoms with Crippen LogP contribution in [0.5, 0.6) is 0 Å². The third-order valence-electron chi connectivity index (χ3n) is 1.33. The second-order valence-corrected chi connectivity index (χ2v) is 6.81. The van der Waals surface area contributed by atoms with Crippen LogP contribution in [0.15, 0.2) is 11.5 Å². The summed E-state index contributed by atoms with van der Waals surface area (Å²) in [5.41, 5.74) is 0. The predicted octanol–water partition coefficient (Wildman–Crippen LogP) is 3.51. The van der Waals surface area contributed by atoms with E-state index in [4.69, 9.17) is 0 Å². The van der Waals surface area contributed by atoms with Crippen LogP contribution < -0.4 is 0 Å². The van der Waals surface area contributed by atoms with Crippen LogP contribution in [0.4, 0.5) is 0 Å². The molecule has 1 aliphatic heterocycles. The molecule has 0 fully saturated rings. The Morgan fingerprint density at radius 2 is 2.33 bits per heavy atom. The fourth-order valence-corrected chi connectivity index (χ4v) is 3.64. The van der Waals surface area contributed by atoms with Crippen LogP contribution in [-0.4, -0.2) is 8.48 Å². The summed E-state index contributed by atoms with van der Waals surface area (Å²) >= 11 is 9.03. The van der Waals surface area contributed by atoms with E-state index in [1.807, 2.05) is 11.8 Å². The van der Waals surface area contributed by atoms with Crippen LogP contribution in [-0.2, 0) is 0 Å². The maximum Gasteiger partial charge on any atom is 0.111 e. The summed E-state index contributed by atoms with van der Waals surface area (Å²) in [5, 5.41) is 2.79. The molecule has 0 aromatic heterocycles. The first-order chi connectivity index (χ1) is 4.17. The van der Waals surface area contributed by atoms with Crippen molar-refractivity contribution in [3.63, 3.8) is 0 Å². The largest absolute Gasteiger partial charge is 0.128 e. The van der Waals surface area contributed by atoms with E-state index in [9.17, 15) is 0 Å².